The highest BCUT2D eigenvalue weighted by atomic mass is 19.1. The minimum absolute atomic E-state index is 0.255. The summed E-state index contributed by atoms with van der Waals surface area (Å²) in [5.41, 5.74) is 2.35. The lowest BCUT2D eigenvalue weighted by molar-refractivity contribution is 0.412. The summed E-state index contributed by atoms with van der Waals surface area (Å²) in [7, 11) is 1.46. The zero-order chi connectivity index (χ0) is 18.8. The van der Waals surface area contributed by atoms with Gasteiger partial charge in [0, 0.05) is 24.2 Å². The van der Waals surface area contributed by atoms with Crippen LogP contribution in [0.5, 0.6) is 11.5 Å². The number of hydrogen-bond donors (Lipinski definition) is 2. The average Bonchev–Trinajstić information content (AvgIpc) is 2.67. The molecule has 0 fully saturated rings. The van der Waals surface area contributed by atoms with Crippen molar-refractivity contribution >= 4 is 17.5 Å². The summed E-state index contributed by atoms with van der Waals surface area (Å²) in [4.78, 5) is 12.7. The number of halogens is 1. The van der Waals surface area contributed by atoms with Gasteiger partial charge in [0.25, 0.3) is 0 Å². The van der Waals surface area contributed by atoms with E-state index >= 15 is 0 Å². The van der Waals surface area contributed by atoms with E-state index in [1.54, 1.807) is 6.07 Å². The molecule has 0 saturated heterocycles. The molecule has 0 amide bonds. The van der Waals surface area contributed by atoms with E-state index in [-0.39, 0.29) is 5.90 Å². The van der Waals surface area contributed by atoms with Gasteiger partial charge in [0.2, 0.25) is 5.95 Å². The first-order valence-electron chi connectivity index (χ1n) is 8.30. The third kappa shape index (κ3) is 3.55. The van der Waals surface area contributed by atoms with Crippen LogP contribution < -0.4 is 14.8 Å². The second-order valence-corrected chi connectivity index (χ2v) is 5.95. The lowest BCUT2D eigenvalue weighted by Crippen LogP contribution is -2.15. The van der Waals surface area contributed by atoms with Crippen LogP contribution in [0.4, 0.5) is 16.0 Å². The van der Waals surface area contributed by atoms with E-state index < -0.39 is 5.82 Å². The maximum absolute atomic E-state index is 13.4. The number of nitrogens with zero attached hydrogens (tertiary/aromatic N) is 3. The molecular formula is C19H16FN5O2. The Morgan fingerprint density at radius 3 is 2.89 bits per heavy atom. The molecule has 0 radical (unpaired) electrons. The van der Waals surface area contributed by atoms with E-state index in [1.807, 2.05) is 18.2 Å². The summed E-state index contributed by atoms with van der Waals surface area (Å²) in [5.74, 6) is 1.55. The molecule has 0 saturated carbocycles. The molecule has 136 valence electrons. The monoisotopic (exact) mass is 365 g/mol. The molecule has 3 aromatic rings. The van der Waals surface area contributed by atoms with Gasteiger partial charge in [-0.25, -0.2) is 14.4 Å². The molecule has 4 rings (SSSR count). The van der Waals surface area contributed by atoms with E-state index in [1.165, 1.54) is 25.6 Å². The second-order valence-electron chi connectivity index (χ2n) is 5.95. The molecule has 8 heteroatoms. The molecular weight excluding hydrogens is 349 g/mol. The molecule has 2 aromatic carbocycles. The van der Waals surface area contributed by atoms with E-state index in [0.29, 0.717) is 35.3 Å². The van der Waals surface area contributed by atoms with Gasteiger partial charge in [-0.1, -0.05) is 6.07 Å². The van der Waals surface area contributed by atoms with Gasteiger partial charge >= 0.3 is 0 Å². The Labute approximate surface area is 154 Å². The number of rotatable bonds is 4. The summed E-state index contributed by atoms with van der Waals surface area (Å²) in [6, 6.07) is 9.83. The van der Waals surface area contributed by atoms with Gasteiger partial charge in [-0.3, -0.25) is 5.41 Å². The zero-order valence-electron chi connectivity index (χ0n) is 14.5. The highest BCUT2D eigenvalue weighted by Gasteiger charge is 2.16. The predicted octanol–water partition coefficient (Wildman–Crippen LogP) is 3.73. The van der Waals surface area contributed by atoms with Crippen molar-refractivity contribution in [1.82, 2.24) is 15.0 Å². The van der Waals surface area contributed by atoms with Crippen LogP contribution in [-0.4, -0.2) is 28.0 Å². The highest BCUT2D eigenvalue weighted by Crippen LogP contribution is 2.31. The number of fused-ring (bicyclic) bond motifs is 1. The van der Waals surface area contributed by atoms with Crippen molar-refractivity contribution in [3.05, 3.63) is 54.1 Å². The average molecular weight is 365 g/mol. The molecule has 7 nitrogen and oxygen atoms in total. The topological polar surface area (TPSA) is 93.0 Å². The number of methoxy groups -OCH3 is 1. The zero-order valence-corrected chi connectivity index (χ0v) is 14.5. The standard InChI is InChI=1S/C19H16FN5O2/c1-26-16-8-12(20)4-6-14(16)18-22-10-23-19(25-18)24-13-5-2-11-3-7-17(21)27-15(11)9-13/h2,4-6,8-10,21H,3,7H2,1H3,(H,22,23,24,25). The highest BCUT2D eigenvalue weighted by molar-refractivity contribution is 5.78. The van der Waals surface area contributed by atoms with Crippen LogP contribution in [0.25, 0.3) is 11.4 Å². The number of aryl methyl sites for hydroxylation is 1. The molecule has 0 unspecified atom stereocenters. The Hall–Kier alpha value is -3.55. The Kier molecular flexibility index (Phi) is 4.37. The SMILES string of the molecule is COc1cc(F)ccc1-c1ncnc(Nc2ccc3c(c2)OC(=N)CC3)n1. The summed E-state index contributed by atoms with van der Waals surface area (Å²) in [6.07, 6.45) is 2.77. The first-order chi connectivity index (χ1) is 13.1. The van der Waals surface area contributed by atoms with Crippen LogP contribution in [0.3, 0.4) is 0 Å². The van der Waals surface area contributed by atoms with Crippen molar-refractivity contribution < 1.29 is 13.9 Å². The van der Waals surface area contributed by atoms with Crippen molar-refractivity contribution in [3.8, 4) is 22.9 Å². The molecule has 1 aliphatic heterocycles. The normalized spacial score (nSPS) is 12.9. The number of anilines is 2. The van der Waals surface area contributed by atoms with Gasteiger partial charge < -0.3 is 14.8 Å². The lowest BCUT2D eigenvalue weighted by Gasteiger charge is -2.18. The summed E-state index contributed by atoms with van der Waals surface area (Å²) < 4.78 is 24.1. The molecule has 0 bridgehead atoms. The van der Waals surface area contributed by atoms with Crippen molar-refractivity contribution in [3.63, 3.8) is 0 Å². The second kappa shape index (κ2) is 6.99. The van der Waals surface area contributed by atoms with Crippen molar-refractivity contribution in [2.24, 2.45) is 0 Å². The number of aromatic nitrogens is 3. The van der Waals surface area contributed by atoms with Crippen LogP contribution in [-0.2, 0) is 6.42 Å². The molecule has 0 atom stereocenters. The van der Waals surface area contributed by atoms with Crippen LogP contribution in [0.1, 0.15) is 12.0 Å². The van der Waals surface area contributed by atoms with Gasteiger partial charge in [-0.15, -0.1) is 0 Å². The summed E-state index contributed by atoms with van der Waals surface area (Å²) in [6.45, 7) is 0. The van der Waals surface area contributed by atoms with E-state index in [0.717, 1.165) is 17.7 Å². The lowest BCUT2D eigenvalue weighted by atomic mass is 10.1. The first kappa shape index (κ1) is 16.9. The van der Waals surface area contributed by atoms with E-state index in [2.05, 4.69) is 20.3 Å². The molecule has 2 heterocycles. The van der Waals surface area contributed by atoms with Gasteiger partial charge in [-0.05, 0) is 30.2 Å². The van der Waals surface area contributed by atoms with Gasteiger partial charge in [0.05, 0.1) is 12.7 Å². The smallest absolute Gasteiger partial charge is 0.230 e. The van der Waals surface area contributed by atoms with Gasteiger partial charge in [0.15, 0.2) is 11.7 Å². The van der Waals surface area contributed by atoms with Crippen molar-refractivity contribution in [2.75, 3.05) is 12.4 Å². The van der Waals surface area contributed by atoms with Crippen LogP contribution in [0.15, 0.2) is 42.7 Å². The number of nitrogens with one attached hydrogen (secondary N) is 2. The fraction of sp³-hybridized carbons (Fsp3) is 0.158. The van der Waals surface area contributed by atoms with Gasteiger partial charge in [-0.2, -0.15) is 4.98 Å². The molecule has 0 aliphatic carbocycles. The Balaban J connectivity index is 1.62. The first-order valence-corrected chi connectivity index (χ1v) is 8.30. The number of hydrogen-bond acceptors (Lipinski definition) is 7. The fourth-order valence-corrected chi connectivity index (χ4v) is 2.83. The molecule has 2 N–H and O–H groups in total. The maximum atomic E-state index is 13.4. The summed E-state index contributed by atoms with van der Waals surface area (Å²) >= 11 is 0. The Morgan fingerprint density at radius 1 is 1.15 bits per heavy atom. The predicted molar refractivity (Wildman–Crippen MR) is 98.2 cm³/mol. The Bertz CT molecular complexity index is 1020. The van der Waals surface area contributed by atoms with Crippen molar-refractivity contribution in [2.45, 2.75) is 12.8 Å². The van der Waals surface area contributed by atoms with Crippen molar-refractivity contribution in [1.29, 1.82) is 5.41 Å². The summed E-state index contributed by atoms with van der Waals surface area (Å²) in [5, 5.41) is 10.8. The maximum Gasteiger partial charge on any atom is 0.230 e. The molecule has 0 spiro atoms. The minimum Gasteiger partial charge on any atom is -0.496 e. The van der Waals surface area contributed by atoms with Gasteiger partial charge in [0.1, 0.15) is 23.6 Å². The third-order valence-electron chi connectivity index (χ3n) is 4.15. The number of ether oxygens (including phenoxy) is 2. The molecule has 1 aliphatic rings. The minimum atomic E-state index is -0.400. The number of benzene rings is 2. The third-order valence-corrected chi connectivity index (χ3v) is 4.15. The largest absolute Gasteiger partial charge is 0.496 e. The van der Waals surface area contributed by atoms with E-state index in [9.17, 15) is 4.39 Å². The van der Waals surface area contributed by atoms with E-state index in [4.69, 9.17) is 14.9 Å². The quantitative estimate of drug-likeness (QED) is 0.732. The molecule has 27 heavy (non-hydrogen) atoms. The van der Waals surface area contributed by atoms with Crippen LogP contribution in [0, 0.1) is 11.2 Å². The fourth-order valence-electron chi connectivity index (χ4n) is 2.83. The Morgan fingerprint density at radius 2 is 2.04 bits per heavy atom. The molecule has 1 aromatic heterocycles. The van der Waals surface area contributed by atoms with Crippen LogP contribution >= 0.6 is 0 Å². The van der Waals surface area contributed by atoms with Crippen LogP contribution in [0.2, 0.25) is 0 Å².